The molecular formula is C23H26N6O2S. The standard InChI is InChI=1S/C23H26N6O2S/c1-15-3-5-18-17(13-15)21(24-7-2-10-30)28-22(26-18)25-16-4-6-19-20(14-16)32-23(27-19)29-8-11-31-12-9-29/h3-6,13-14,30H,2,7-12H2,1H3,(H2,24,25,26,28). The highest BCUT2D eigenvalue weighted by molar-refractivity contribution is 7.22. The van der Waals surface area contributed by atoms with Crippen molar-refractivity contribution in [1.82, 2.24) is 15.0 Å². The summed E-state index contributed by atoms with van der Waals surface area (Å²) in [6.07, 6.45) is 0.660. The van der Waals surface area contributed by atoms with Crippen LogP contribution in [0.2, 0.25) is 0 Å². The molecule has 0 atom stereocenters. The van der Waals surface area contributed by atoms with Crippen LogP contribution in [-0.4, -0.2) is 59.5 Å². The Balaban J connectivity index is 1.43. The summed E-state index contributed by atoms with van der Waals surface area (Å²) in [6.45, 7) is 6.09. The van der Waals surface area contributed by atoms with Crippen LogP contribution in [0.1, 0.15) is 12.0 Å². The van der Waals surface area contributed by atoms with Crippen molar-refractivity contribution in [1.29, 1.82) is 0 Å². The molecule has 9 heteroatoms. The van der Waals surface area contributed by atoms with Crippen molar-refractivity contribution in [3.63, 3.8) is 0 Å². The molecule has 166 valence electrons. The minimum atomic E-state index is 0.140. The van der Waals surface area contributed by atoms with E-state index in [4.69, 9.17) is 24.8 Å². The summed E-state index contributed by atoms with van der Waals surface area (Å²) in [5.41, 5.74) is 3.93. The molecule has 0 spiro atoms. The Bertz CT molecular complexity index is 1240. The van der Waals surface area contributed by atoms with Crippen molar-refractivity contribution in [3.8, 4) is 0 Å². The van der Waals surface area contributed by atoms with Crippen LogP contribution in [0.4, 0.5) is 22.6 Å². The highest BCUT2D eigenvalue weighted by Gasteiger charge is 2.16. The first-order chi connectivity index (χ1) is 15.7. The lowest BCUT2D eigenvalue weighted by Crippen LogP contribution is -2.36. The van der Waals surface area contributed by atoms with Crippen molar-refractivity contribution in [2.75, 3.05) is 55.0 Å². The van der Waals surface area contributed by atoms with Crippen LogP contribution in [0.25, 0.3) is 21.1 Å². The molecule has 5 rings (SSSR count). The molecule has 2 aromatic heterocycles. The Morgan fingerprint density at radius 3 is 2.75 bits per heavy atom. The molecule has 3 heterocycles. The highest BCUT2D eigenvalue weighted by atomic mass is 32.1. The molecule has 1 aliphatic heterocycles. The first-order valence-electron chi connectivity index (χ1n) is 10.8. The molecule has 2 aromatic carbocycles. The van der Waals surface area contributed by atoms with Gasteiger partial charge in [0.2, 0.25) is 5.95 Å². The number of anilines is 4. The third-order valence-electron chi connectivity index (χ3n) is 5.39. The minimum absolute atomic E-state index is 0.140. The van der Waals surface area contributed by atoms with Gasteiger partial charge in [0.05, 0.1) is 28.9 Å². The molecule has 8 nitrogen and oxygen atoms in total. The zero-order chi connectivity index (χ0) is 21.9. The number of fused-ring (bicyclic) bond motifs is 2. The van der Waals surface area contributed by atoms with E-state index in [0.717, 1.165) is 69.6 Å². The third-order valence-corrected chi connectivity index (χ3v) is 6.47. The lowest BCUT2D eigenvalue weighted by Gasteiger charge is -2.25. The second-order valence-electron chi connectivity index (χ2n) is 7.82. The number of thiazole rings is 1. The van der Waals surface area contributed by atoms with Gasteiger partial charge in [-0.15, -0.1) is 0 Å². The number of ether oxygens (including phenoxy) is 1. The molecule has 0 radical (unpaired) electrons. The third kappa shape index (κ3) is 4.45. The molecule has 0 bridgehead atoms. The number of nitrogens with one attached hydrogen (secondary N) is 2. The summed E-state index contributed by atoms with van der Waals surface area (Å²) in [4.78, 5) is 16.5. The smallest absolute Gasteiger partial charge is 0.229 e. The zero-order valence-electron chi connectivity index (χ0n) is 18.0. The van der Waals surface area contributed by atoms with Crippen molar-refractivity contribution in [2.45, 2.75) is 13.3 Å². The Hall–Kier alpha value is -3.01. The van der Waals surface area contributed by atoms with E-state index in [1.54, 1.807) is 11.3 Å². The monoisotopic (exact) mass is 450 g/mol. The number of morpholine rings is 1. The lowest BCUT2D eigenvalue weighted by atomic mass is 10.1. The van der Waals surface area contributed by atoms with E-state index in [9.17, 15) is 0 Å². The molecule has 4 aromatic rings. The quantitative estimate of drug-likeness (QED) is 0.365. The number of benzene rings is 2. The van der Waals surface area contributed by atoms with Crippen LogP contribution < -0.4 is 15.5 Å². The number of aromatic nitrogens is 3. The molecule has 0 amide bonds. The number of aliphatic hydroxyl groups is 1. The summed E-state index contributed by atoms with van der Waals surface area (Å²) in [5.74, 6) is 1.30. The lowest BCUT2D eigenvalue weighted by molar-refractivity contribution is 0.122. The Labute approximate surface area is 190 Å². The van der Waals surface area contributed by atoms with Crippen LogP contribution >= 0.6 is 11.3 Å². The number of aryl methyl sites for hydroxylation is 1. The van der Waals surface area contributed by atoms with Crippen LogP contribution in [-0.2, 0) is 4.74 Å². The molecule has 0 aliphatic carbocycles. The Kier molecular flexibility index (Phi) is 6.02. The number of aliphatic hydroxyl groups excluding tert-OH is 1. The van der Waals surface area contributed by atoms with E-state index < -0.39 is 0 Å². The number of nitrogens with zero attached hydrogens (tertiary/aromatic N) is 4. The number of rotatable bonds is 7. The first kappa shape index (κ1) is 20.9. The van der Waals surface area contributed by atoms with E-state index >= 15 is 0 Å². The van der Waals surface area contributed by atoms with Crippen molar-refractivity contribution < 1.29 is 9.84 Å². The fourth-order valence-corrected chi connectivity index (χ4v) is 4.78. The van der Waals surface area contributed by atoms with Gasteiger partial charge in [0.1, 0.15) is 5.82 Å². The van der Waals surface area contributed by atoms with Gasteiger partial charge in [-0.05, 0) is 43.7 Å². The van der Waals surface area contributed by atoms with E-state index in [0.29, 0.717) is 18.9 Å². The zero-order valence-corrected chi connectivity index (χ0v) is 18.8. The second-order valence-corrected chi connectivity index (χ2v) is 8.83. The fourth-order valence-electron chi connectivity index (χ4n) is 3.73. The van der Waals surface area contributed by atoms with Gasteiger partial charge < -0.3 is 25.4 Å². The Morgan fingerprint density at radius 1 is 1.06 bits per heavy atom. The van der Waals surface area contributed by atoms with Crippen molar-refractivity contribution in [2.24, 2.45) is 0 Å². The predicted octanol–water partition coefficient (Wildman–Crippen LogP) is 3.92. The normalized spacial score (nSPS) is 14.2. The van der Waals surface area contributed by atoms with Gasteiger partial charge in [-0.25, -0.2) is 9.97 Å². The first-order valence-corrected chi connectivity index (χ1v) is 11.6. The van der Waals surface area contributed by atoms with Crippen molar-refractivity contribution >= 4 is 55.0 Å². The average molecular weight is 451 g/mol. The maximum atomic E-state index is 9.12. The van der Waals surface area contributed by atoms with Gasteiger partial charge in [0, 0.05) is 37.3 Å². The molecule has 1 fully saturated rings. The van der Waals surface area contributed by atoms with Crippen molar-refractivity contribution in [3.05, 3.63) is 42.0 Å². The molecule has 1 aliphatic rings. The van der Waals surface area contributed by atoms with E-state index in [-0.39, 0.29) is 6.61 Å². The average Bonchev–Trinajstić information content (AvgIpc) is 3.24. The number of hydrogen-bond acceptors (Lipinski definition) is 9. The molecule has 0 unspecified atom stereocenters. The van der Waals surface area contributed by atoms with Crippen LogP contribution in [0.3, 0.4) is 0 Å². The summed E-state index contributed by atoms with van der Waals surface area (Å²) >= 11 is 1.69. The second kappa shape index (κ2) is 9.23. The van der Waals surface area contributed by atoms with Crippen LogP contribution in [0, 0.1) is 6.92 Å². The number of hydrogen-bond donors (Lipinski definition) is 3. The van der Waals surface area contributed by atoms with Gasteiger partial charge in [0.25, 0.3) is 0 Å². The van der Waals surface area contributed by atoms with Gasteiger partial charge in [-0.3, -0.25) is 0 Å². The van der Waals surface area contributed by atoms with Crippen LogP contribution in [0.15, 0.2) is 36.4 Å². The predicted molar refractivity (Wildman–Crippen MR) is 130 cm³/mol. The maximum Gasteiger partial charge on any atom is 0.229 e. The van der Waals surface area contributed by atoms with Gasteiger partial charge in [-0.1, -0.05) is 23.0 Å². The molecule has 1 saturated heterocycles. The summed E-state index contributed by atoms with van der Waals surface area (Å²) < 4.78 is 6.57. The van der Waals surface area contributed by atoms with Gasteiger partial charge in [0.15, 0.2) is 5.13 Å². The van der Waals surface area contributed by atoms with E-state index in [1.165, 1.54) is 0 Å². The highest BCUT2D eigenvalue weighted by Crippen LogP contribution is 2.32. The summed E-state index contributed by atoms with van der Waals surface area (Å²) in [7, 11) is 0. The van der Waals surface area contributed by atoms with Gasteiger partial charge in [-0.2, -0.15) is 4.98 Å². The maximum absolute atomic E-state index is 9.12. The van der Waals surface area contributed by atoms with E-state index in [2.05, 4.69) is 34.6 Å². The molecular weight excluding hydrogens is 424 g/mol. The minimum Gasteiger partial charge on any atom is -0.396 e. The van der Waals surface area contributed by atoms with Crippen LogP contribution in [0.5, 0.6) is 0 Å². The summed E-state index contributed by atoms with van der Waals surface area (Å²) in [5, 5.41) is 17.8. The van der Waals surface area contributed by atoms with E-state index in [1.807, 2.05) is 24.3 Å². The fraction of sp³-hybridized carbons (Fsp3) is 0.348. The largest absolute Gasteiger partial charge is 0.396 e. The van der Waals surface area contributed by atoms with Gasteiger partial charge >= 0.3 is 0 Å². The SMILES string of the molecule is Cc1ccc2nc(Nc3ccc4nc(N5CCOCC5)sc4c3)nc(NCCCO)c2c1. The topological polar surface area (TPSA) is 95.4 Å². The molecule has 3 N–H and O–H groups in total. The Morgan fingerprint density at radius 2 is 1.91 bits per heavy atom. The summed E-state index contributed by atoms with van der Waals surface area (Å²) in [6, 6.07) is 12.3. The molecule has 0 saturated carbocycles. The molecule has 32 heavy (non-hydrogen) atoms.